The van der Waals surface area contributed by atoms with Crippen LogP contribution in [0.3, 0.4) is 0 Å². The fourth-order valence-electron chi connectivity index (χ4n) is 0.655. The molecule has 1 aromatic rings. The van der Waals surface area contributed by atoms with Gasteiger partial charge in [-0.25, -0.2) is 0 Å². The summed E-state index contributed by atoms with van der Waals surface area (Å²) in [5.74, 6) is 0.307. The molecule has 1 rings (SSSR count). The van der Waals surface area contributed by atoms with Gasteiger partial charge in [-0.1, -0.05) is 18.2 Å². The molecule has 1 aromatic carbocycles. The van der Waals surface area contributed by atoms with Crippen LogP contribution in [0.15, 0.2) is 30.3 Å². The van der Waals surface area contributed by atoms with Crippen molar-refractivity contribution in [2.24, 2.45) is 0 Å². The molecule has 0 atom stereocenters. The van der Waals surface area contributed by atoms with Gasteiger partial charge in [-0.05, 0) is 12.1 Å². The van der Waals surface area contributed by atoms with Crippen molar-refractivity contribution < 1.29 is 40.5 Å². The molecule has 0 bridgehead atoms. The van der Waals surface area contributed by atoms with Crippen LogP contribution in [-0.4, -0.2) is 5.97 Å². The summed E-state index contributed by atoms with van der Waals surface area (Å²) in [6.45, 7) is 1.38. The zero-order chi connectivity index (χ0) is 7.40. The van der Waals surface area contributed by atoms with Gasteiger partial charge in [0.2, 0.25) is 0 Å². The van der Waals surface area contributed by atoms with Crippen LogP contribution in [0.25, 0.3) is 0 Å². The van der Waals surface area contributed by atoms with Crippen molar-refractivity contribution in [1.82, 2.24) is 0 Å². The number of esters is 1. The first-order chi connectivity index (χ1) is 4.79. The molecule has 0 aliphatic heterocycles. The van der Waals surface area contributed by atoms with E-state index in [0.29, 0.717) is 5.75 Å². The molecule has 0 spiro atoms. The third kappa shape index (κ3) is 4.19. The monoisotopic (exact) mass is 160 g/mol. The van der Waals surface area contributed by atoms with Crippen LogP contribution in [0, 0.1) is 0 Å². The van der Waals surface area contributed by atoms with E-state index in [0.717, 1.165) is 0 Å². The first-order valence-electron chi connectivity index (χ1n) is 3.02. The summed E-state index contributed by atoms with van der Waals surface area (Å²) >= 11 is 0. The van der Waals surface area contributed by atoms with E-state index in [9.17, 15) is 4.79 Å². The quantitative estimate of drug-likeness (QED) is 0.291. The van der Waals surface area contributed by atoms with Gasteiger partial charge in [0.15, 0.2) is 0 Å². The molecule has 0 saturated heterocycles. The fraction of sp³-hybridized carbons (Fsp3) is 0.125. The zero-order valence-corrected chi connectivity index (χ0v) is 8.70. The Bertz CT molecular complexity index is 226. The van der Waals surface area contributed by atoms with E-state index in [1.807, 2.05) is 18.2 Å². The fourth-order valence-corrected chi connectivity index (χ4v) is 0.655. The second-order valence-electron chi connectivity index (χ2n) is 1.91. The van der Waals surface area contributed by atoms with Crippen molar-refractivity contribution in [3.8, 4) is 5.75 Å². The summed E-state index contributed by atoms with van der Waals surface area (Å²) in [5.41, 5.74) is 0. The van der Waals surface area contributed by atoms with E-state index >= 15 is 0 Å². The van der Waals surface area contributed by atoms with E-state index < -0.39 is 0 Å². The summed E-state index contributed by atoms with van der Waals surface area (Å²) in [6, 6.07) is 8.98. The molecule has 0 aliphatic rings. The van der Waals surface area contributed by atoms with Crippen molar-refractivity contribution in [3.05, 3.63) is 30.3 Å². The summed E-state index contributed by atoms with van der Waals surface area (Å²) in [7, 11) is 0. The van der Waals surface area contributed by atoms with Crippen LogP contribution in [0.4, 0.5) is 0 Å². The van der Waals surface area contributed by atoms with Crippen LogP contribution in [-0.2, 0) is 4.79 Å². The molecule has 0 saturated carbocycles. The predicted molar refractivity (Wildman–Crippen MR) is 38.9 cm³/mol. The average molecular weight is 160 g/mol. The molecule has 0 N–H and O–H groups in total. The summed E-state index contributed by atoms with van der Waals surface area (Å²) < 4.78 is 4.78. The van der Waals surface area contributed by atoms with Gasteiger partial charge in [0.25, 0.3) is 0 Å². The van der Waals surface area contributed by atoms with Crippen molar-refractivity contribution in [2.75, 3.05) is 0 Å². The van der Waals surface area contributed by atoms with Crippen molar-refractivity contribution >= 4 is 5.97 Å². The van der Waals surface area contributed by atoms with Crippen LogP contribution in [0.1, 0.15) is 8.35 Å². The van der Waals surface area contributed by atoms with Gasteiger partial charge >= 0.3 is 35.5 Å². The van der Waals surface area contributed by atoms with E-state index in [1.54, 1.807) is 12.1 Å². The molecule has 0 amide bonds. The minimum absolute atomic E-state index is 0. The largest absolute Gasteiger partial charge is 1.00 e. The van der Waals surface area contributed by atoms with Crippen LogP contribution < -0.4 is 34.3 Å². The third-order valence-electron chi connectivity index (χ3n) is 1.00. The second kappa shape index (κ2) is 5.35. The number of hydrogen-bond donors (Lipinski definition) is 0. The van der Waals surface area contributed by atoms with Crippen molar-refractivity contribution in [1.29, 1.82) is 0 Å². The summed E-state index contributed by atoms with van der Waals surface area (Å²) in [6.07, 6.45) is 0. The van der Waals surface area contributed by atoms with Gasteiger partial charge in [-0.15, -0.1) is 0 Å². The van der Waals surface area contributed by atoms with Gasteiger partial charge < -0.3 is 6.16 Å². The van der Waals surface area contributed by atoms with Crippen molar-refractivity contribution in [2.45, 2.75) is 6.92 Å². The van der Waals surface area contributed by atoms with Crippen LogP contribution >= 0.6 is 0 Å². The number of carbonyl (C=O) groups is 1. The maximum atomic E-state index is 10.4. The van der Waals surface area contributed by atoms with E-state index in [4.69, 9.17) is 4.74 Å². The summed E-state index contributed by atoms with van der Waals surface area (Å²) in [4.78, 5) is 10.4. The molecule has 0 fully saturated rings. The Kier molecular flexibility index (Phi) is 5.20. The number of rotatable bonds is 1. The molecular formula is C8H9NaO2. The topological polar surface area (TPSA) is 26.3 Å². The Morgan fingerprint density at radius 3 is 2.36 bits per heavy atom. The number of ether oxygens (including phenoxy) is 1. The smallest absolute Gasteiger partial charge is 1.00 e. The van der Waals surface area contributed by atoms with Gasteiger partial charge in [0.1, 0.15) is 5.75 Å². The number of para-hydroxylation sites is 1. The standard InChI is InChI=1S/C8H8O2.Na.H/c1-7(9)10-8-5-3-2-4-6-8;;/h2-6H,1H3;;/q;+1;-1. The maximum Gasteiger partial charge on any atom is 1.00 e. The number of carbonyl (C=O) groups excluding carboxylic acids is 1. The molecule has 54 valence electrons. The minimum atomic E-state index is -0.286. The second-order valence-corrected chi connectivity index (χ2v) is 1.91. The van der Waals surface area contributed by atoms with E-state index in [-0.39, 0.29) is 37.0 Å². The predicted octanol–water partition coefficient (Wildman–Crippen LogP) is -1.27. The average Bonchev–Trinajstić information content (AvgIpc) is 1.88. The zero-order valence-electron chi connectivity index (χ0n) is 7.70. The Hall–Kier alpha value is -0.310. The van der Waals surface area contributed by atoms with Crippen LogP contribution in [0.5, 0.6) is 5.75 Å². The Balaban J connectivity index is 0. The molecule has 0 aromatic heterocycles. The van der Waals surface area contributed by atoms with Crippen molar-refractivity contribution in [3.63, 3.8) is 0 Å². The Labute approximate surface area is 89.3 Å². The van der Waals surface area contributed by atoms with Gasteiger partial charge in [-0.3, -0.25) is 4.79 Å². The molecule has 0 aliphatic carbocycles. The van der Waals surface area contributed by atoms with Gasteiger partial charge in [-0.2, -0.15) is 0 Å². The SMILES string of the molecule is CC(=O)Oc1ccccc1.[H-].[Na+]. The summed E-state index contributed by atoms with van der Waals surface area (Å²) in [5, 5.41) is 0. The van der Waals surface area contributed by atoms with Gasteiger partial charge in [0, 0.05) is 6.92 Å². The maximum absolute atomic E-state index is 10.4. The number of benzene rings is 1. The first kappa shape index (κ1) is 10.7. The minimum Gasteiger partial charge on any atom is -1.00 e. The molecule has 2 nitrogen and oxygen atoms in total. The van der Waals surface area contributed by atoms with Gasteiger partial charge in [0.05, 0.1) is 0 Å². The molecule has 3 heteroatoms. The van der Waals surface area contributed by atoms with Crippen LogP contribution in [0.2, 0.25) is 0 Å². The molecule has 0 heterocycles. The van der Waals surface area contributed by atoms with E-state index in [2.05, 4.69) is 0 Å². The third-order valence-corrected chi connectivity index (χ3v) is 1.00. The molecule has 0 unspecified atom stereocenters. The Morgan fingerprint density at radius 1 is 1.36 bits per heavy atom. The first-order valence-corrected chi connectivity index (χ1v) is 3.02. The normalized spacial score (nSPS) is 8.09. The molecule has 0 radical (unpaired) electrons. The molecule has 11 heavy (non-hydrogen) atoms. The Morgan fingerprint density at radius 2 is 1.91 bits per heavy atom. The number of hydrogen-bond acceptors (Lipinski definition) is 2. The molecular weight excluding hydrogens is 151 g/mol. The van der Waals surface area contributed by atoms with E-state index in [1.165, 1.54) is 6.92 Å².